The Morgan fingerprint density at radius 2 is 1.80 bits per heavy atom. The molecule has 0 fully saturated rings. The van der Waals surface area contributed by atoms with E-state index in [0.29, 0.717) is 0 Å². The van der Waals surface area contributed by atoms with Gasteiger partial charge >= 0.3 is 0 Å². The van der Waals surface area contributed by atoms with Crippen LogP contribution in [0.5, 0.6) is 0 Å². The van der Waals surface area contributed by atoms with E-state index in [9.17, 15) is 4.79 Å². The third-order valence-corrected chi connectivity index (χ3v) is 1.69. The molecular formula is C11H13NO3. The van der Waals surface area contributed by atoms with Gasteiger partial charge in [0.05, 0.1) is 20.3 Å². The smallest absolute Gasteiger partial charge is 0.284 e. The van der Waals surface area contributed by atoms with Gasteiger partial charge in [-0.3, -0.25) is 4.79 Å². The van der Waals surface area contributed by atoms with E-state index in [1.54, 1.807) is 12.1 Å². The molecule has 1 aromatic rings. The minimum Gasteiger partial charge on any atom is -0.469 e. The summed E-state index contributed by atoms with van der Waals surface area (Å²) in [5.41, 5.74) is 0.727. The Hall–Kier alpha value is -1.97. The lowest BCUT2D eigenvalue weighted by atomic mass is 10.3. The summed E-state index contributed by atoms with van der Waals surface area (Å²) in [4.78, 5) is 11.4. The van der Waals surface area contributed by atoms with Gasteiger partial charge in [0.15, 0.2) is 0 Å². The van der Waals surface area contributed by atoms with Gasteiger partial charge in [0, 0.05) is 5.69 Å². The molecule has 1 aromatic carbocycles. The van der Waals surface area contributed by atoms with Crippen LogP contribution in [0.3, 0.4) is 0 Å². The second kappa shape index (κ2) is 5.70. The molecule has 0 aliphatic heterocycles. The standard InChI is InChI=1S/C11H13NO3/c1-14-11(15-2)8-10(13)12-9-6-4-3-5-7-9/h3-8H,1-2H3,(H,12,13). The molecule has 4 nitrogen and oxygen atoms in total. The quantitative estimate of drug-likeness (QED) is 0.604. The minimum absolute atomic E-state index is 0.170. The van der Waals surface area contributed by atoms with Crippen LogP contribution in [-0.2, 0) is 14.3 Å². The zero-order valence-electron chi connectivity index (χ0n) is 8.69. The van der Waals surface area contributed by atoms with Gasteiger partial charge in [0.25, 0.3) is 11.9 Å². The maximum absolute atomic E-state index is 11.4. The number of carbonyl (C=O) groups excluding carboxylic acids is 1. The first kappa shape index (κ1) is 11.1. The summed E-state index contributed by atoms with van der Waals surface area (Å²) in [7, 11) is 2.87. The average Bonchev–Trinajstić information content (AvgIpc) is 2.27. The molecule has 0 aliphatic carbocycles. The number of ether oxygens (including phenoxy) is 2. The lowest BCUT2D eigenvalue weighted by Gasteiger charge is -2.04. The maximum atomic E-state index is 11.4. The predicted octanol–water partition coefficient (Wildman–Crippen LogP) is 1.76. The van der Waals surface area contributed by atoms with E-state index < -0.39 is 0 Å². The summed E-state index contributed by atoms with van der Waals surface area (Å²) in [6.45, 7) is 0. The summed E-state index contributed by atoms with van der Waals surface area (Å²) in [6.07, 6.45) is 1.24. The van der Waals surface area contributed by atoms with Gasteiger partial charge in [-0.15, -0.1) is 0 Å². The lowest BCUT2D eigenvalue weighted by molar-refractivity contribution is -0.112. The van der Waals surface area contributed by atoms with Crippen LogP contribution < -0.4 is 5.32 Å². The van der Waals surface area contributed by atoms with Crippen LogP contribution in [0.25, 0.3) is 0 Å². The van der Waals surface area contributed by atoms with Gasteiger partial charge in [-0.05, 0) is 12.1 Å². The van der Waals surface area contributed by atoms with Crippen molar-refractivity contribution in [3.8, 4) is 0 Å². The number of anilines is 1. The maximum Gasteiger partial charge on any atom is 0.284 e. The van der Waals surface area contributed by atoms with Crippen LogP contribution in [0, 0.1) is 0 Å². The van der Waals surface area contributed by atoms with Gasteiger partial charge < -0.3 is 14.8 Å². The third kappa shape index (κ3) is 3.72. The van der Waals surface area contributed by atoms with E-state index in [2.05, 4.69) is 5.32 Å². The molecular weight excluding hydrogens is 194 g/mol. The molecule has 0 saturated carbocycles. The van der Waals surface area contributed by atoms with Crippen molar-refractivity contribution in [3.63, 3.8) is 0 Å². The van der Waals surface area contributed by atoms with Crippen molar-refractivity contribution in [2.75, 3.05) is 19.5 Å². The number of hydrogen-bond donors (Lipinski definition) is 1. The van der Waals surface area contributed by atoms with E-state index in [4.69, 9.17) is 9.47 Å². The molecule has 0 heterocycles. The zero-order valence-corrected chi connectivity index (χ0v) is 8.69. The van der Waals surface area contributed by atoms with Gasteiger partial charge in [-0.1, -0.05) is 18.2 Å². The lowest BCUT2D eigenvalue weighted by Crippen LogP contribution is -2.09. The summed E-state index contributed by atoms with van der Waals surface area (Å²) in [6, 6.07) is 9.15. The van der Waals surface area contributed by atoms with E-state index in [1.165, 1.54) is 20.3 Å². The summed E-state index contributed by atoms with van der Waals surface area (Å²) < 4.78 is 9.57. The number of hydrogen-bond acceptors (Lipinski definition) is 3. The summed E-state index contributed by atoms with van der Waals surface area (Å²) in [5.74, 6) is -0.122. The van der Waals surface area contributed by atoms with Crippen LogP contribution in [0.15, 0.2) is 42.4 Å². The van der Waals surface area contributed by atoms with Crippen molar-refractivity contribution in [2.24, 2.45) is 0 Å². The number of rotatable bonds is 4. The number of para-hydroxylation sites is 1. The molecule has 0 unspecified atom stereocenters. The molecule has 15 heavy (non-hydrogen) atoms. The molecule has 0 aromatic heterocycles. The Morgan fingerprint density at radius 1 is 1.20 bits per heavy atom. The fraction of sp³-hybridized carbons (Fsp3) is 0.182. The van der Waals surface area contributed by atoms with Gasteiger partial charge in [0.1, 0.15) is 0 Å². The molecule has 0 aliphatic rings. The van der Waals surface area contributed by atoms with Crippen molar-refractivity contribution in [1.82, 2.24) is 0 Å². The number of carbonyl (C=O) groups is 1. The zero-order chi connectivity index (χ0) is 11.1. The monoisotopic (exact) mass is 207 g/mol. The van der Waals surface area contributed by atoms with Crippen molar-refractivity contribution < 1.29 is 14.3 Å². The van der Waals surface area contributed by atoms with Crippen LogP contribution in [0.2, 0.25) is 0 Å². The number of nitrogens with one attached hydrogen (secondary N) is 1. The fourth-order valence-electron chi connectivity index (χ4n) is 1.01. The largest absolute Gasteiger partial charge is 0.469 e. The predicted molar refractivity (Wildman–Crippen MR) is 57.2 cm³/mol. The molecule has 4 heteroatoms. The van der Waals surface area contributed by atoms with E-state index >= 15 is 0 Å². The first-order valence-corrected chi connectivity index (χ1v) is 4.42. The number of methoxy groups -OCH3 is 2. The van der Waals surface area contributed by atoms with Gasteiger partial charge in [0.2, 0.25) is 0 Å². The Balaban J connectivity index is 2.60. The minimum atomic E-state index is -0.292. The van der Waals surface area contributed by atoms with Crippen LogP contribution in [0.4, 0.5) is 5.69 Å². The normalized spacial score (nSPS) is 8.93. The Kier molecular flexibility index (Phi) is 4.22. The molecule has 0 bridgehead atoms. The van der Waals surface area contributed by atoms with E-state index in [1.807, 2.05) is 18.2 Å². The first-order valence-electron chi connectivity index (χ1n) is 4.42. The second-order valence-electron chi connectivity index (χ2n) is 2.73. The SMILES string of the molecule is COC(=CC(=O)Nc1ccccc1)OC. The van der Waals surface area contributed by atoms with E-state index in [0.717, 1.165) is 5.69 Å². The first-order chi connectivity index (χ1) is 7.26. The topological polar surface area (TPSA) is 47.6 Å². The van der Waals surface area contributed by atoms with Gasteiger partial charge in [-0.2, -0.15) is 0 Å². The van der Waals surface area contributed by atoms with Crippen LogP contribution >= 0.6 is 0 Å². The summed E-state index contributed by atoms with van der Waals surface area (Å²) in [5, 5.41) is 2.67. The van der Waals surface area contributed by atoms with Crippen LogP contribution in [0.1, 0.15) is 0 Å². The van der Waals surface area contributed by atoms with E-state index in [-0.39, 0.29) is 11.9 Å². The highest BCUT2D eigenvalue weighted by atomic mass is 16.7. The highest BCUT2D eigenvalue weighted by Gasteiger charge is 2.01. The molecule has 1 N–H and O–H groups in total. The van der Waals surface area contributed by atoms with Gasteiger partial charge in [-0.25, -0.2) is 0 Å². The van der Waals surface area contributed by atoms with Crippen molar-refractivity contribution in [1.29, 1.82) is 0 Å². The molecule has 80 valence electrons. The Morgan fingerprint density at radius 3 is 2.33 bits per heavy atom. The van der Waals surface area contributed by atoms with Crippen molar-refractivity contribution >= 4 is 11.6 Å². The molecule has 1 amide bonds. The van der Waals surface area contributed by atoms with Crippen molar-refractivity contribution in [3.05, 3.63) is 42.4 Å². The highest BCUT2D eigenvalue weighted by molar-refractivity contribution is 5.99. The summed E-state index contributed by atoms with van der Waals surface area (Å²) >= 11 is 0. The Bertz CT molecular complexity index is 340. The second-order valence-corrected chi connectivity index (χ2v) is 2.73. The molecule has 0 radical (unpaired) electrons. The van der Waals surface area contributed by atoms with Crippen molar-refractivity contribution in [2.45, 2.75) is 0 Å². The molecule has 1 rings (SSSR count). The number of amides is 1. The number of benzene rings is 1. The third-order valence-electron chi connectivity index (χ3n) is 1.69. The fourth-order valence-corrected chi connectivity index (χ4v) is 1.01. The van der Waals surface area contributed by atoms with Crippen LogP contribution in [-0.4, -0.2) is 20.1 Å². The Labute approximate surface area is 88.5 Å². The molecule has 0 saturated heterocycles. The highest BCUT2D eigenvalue weighted by Crippen LogP contribution is 2.05. The average molecular weight is 207 g/mol. The molecule has 0 atom stereocenters. The molecule has 0 spiro atoms.